The number of methoxy groups -OCH3 is 1. The quantitative estimate of drug-likeness (QED) is 0.0341. The Labute approximate surface area is 367 Å². The second kappa shape index (κ2) is 37.9. The van der Waals surface area contributed by atoms with Crippen molar-refractivity contribution in [2.24, 2.45) is 0 Å². The molecule has 2 unspecified atom stereocenters. The zero-order valence-electron chi connectivity index (χ0n) is 39.6. The molecule has 0 radical (unpaired) electrons. The number of nitrogens with one attached hydrogen (secondary N) is 1. The van der Waals surface area contributed by atoms with Crippen LogP contribution < -0.4 is 5.32 Å². The Bertz CT molecular complexity index is 1100. The molecular weight excluding hydrogens is 785 g/mol. The van der Waals surface area contributed by atoms with E-state index in [2.05, 4.69) is 19.2 Å². The van der Waals surface area contributed by atoms with Gasteiger partial charge in [0, 0.05) is 26.5 Å². The van der Waals surface area contributed by atoms with E-state index in [-0.39, 0.29) is 38.2 Å². The first-order valence-corrected chi connectivity index (χ1v) is 25.6. The van der Waals surface area contributed by atoms with Crippen LogP contribution in [0.25, 0.3) is 0 Å². The fourth-order valence-corrected chi connectivity index (χ4v) is 7.42. The molecular formula is C47H92NO11P. The van der Waals surface area contributed by atoms with Crippen LogP contribution in [-0.4, -0.2) is 80.1 Å². The number of phosphoric ester groups is 1. The van der Waals surface area contributed by atoms with Gasteiger partial charge in [0.2, 0.25) is 0 Å². The molecule has 0 fully saturated rings. The lowest BCUT2D eigenvalue weighted by atomic mass is 10.0. The van der Waals surface area contributed by atoms with Gasteiger partial charge in [-0.1, -0.05) is 168 Å². The maximum absolute atomic E-state index is 12.8. The van der Waals surface area contributed by atoms with Gasteiger partial charge in [-0.25, -0.2) is 4.57 Å². The largest absolute Gasteiger partial charge is 0.472 e. The summed E-state index contributed by atoms with van der Waals surface area (Å²) in [6, 6.07) is 0. The number of ether oxygens (including phenoxy) is 4. The van der Waals surface area contributed by atoms with Crippen molar-refractivity contribution in [3.63, 3.8) is 0 Å². The fraction of sp³-hybridized carbons (Fsp3) is 0.936. The van der Waals surface area contributed by atoms with Gasteiger partial charge in [-0.15, -0.1) is 0 Å². The number of hydrogen-bond donors (Lipinski definition) is 2. The SMILES string of the molecule is CCCCCCCCCCCCCCCC(=O)OCC(COP(=O)(O)OCCNC(=O)C(C)(C)OCCC(C)(C)OC)OC(=O)CCCCCCCCCCCCCCC. The summed E-state index contributed by atoms with van der Waals surface area (Å²) in [6.07, 6.45) is 31.1. The Balaban J connectivity index is 4.71. The van der Waals surface area contributed by atoms with Crippen molar-refractivity contribution in [3.8, 4) is 0 Å². The normalized spacial score (nSPS) is 13.5. The van der Waals surface area contributed by atoms with Gasteiger partial charge in [-0.05, 0) is 47.0 Å². The van der Waals surface area contributed by atoms with Gasteiger partial charge in [0.15, 0.2) is 6.10 Å². The summed E-state index contributed by atoms with van der Waals surface area (Å²) in [4.78, 5) is 48.4. The van der Waals surface area contributed by atoms with Crippen LogP contribution in [0.1, 0.15) is 228 Å². The maximum Gasteiger partial charge on any atom is 0.472 e. The van der Waals surface area contributed by atoms with Crippen molar-refractivity contribution in [3.05, 3.63) is 0 Å². The van der Waals surface area contributed by atoms with Crippen LogP contribution in [0.2, 0.25) is 0 Å². The van der Waals surface area contributed by atoms with E-state index in [4.69, 9.17) is 28.0 Å². The van der Waals surface area contributed by atoms with Crippen molar-refractivity contribution >= 4 is 25.7 Å². The molecule has 0 saturated heterocycles. The van der Waals surface area contributed by atoms with E-state index in [0.29, 0.717) is 25.9 Å². The van der Waals surface area contributed by atoms with Crippen LogP contribution in [-0.2, 0) is 46.9 Å². The highest BCUT2D eigenvalue weighted by atomic mass is 31.2. The number of amides is 1. The van der Waals surface area contributed by atoms with Crippen molar-refractivity contribution in [2.75, 3.05) is 40.1 Å². The van der Waals surface area contributed by atoms with Gasteiger partial charge in [-0.3, -0.25) is 23.4 Å². The second-order valence-electron chi connectivity index (χ2n) is 17.7. The minimum atomic E-state index is -4.60. The Kier molecular flexibility index (Phi) is 37.0. The van der Waals surface area contributed by atoms with Crippen LogP contribution in [0.3, 0.4) is 0 Å². The first kappa shape index (κ1) is 58.4. The predicted octanol–water partition coefficient (Wildman–Crippen LogP) is 12.3. The monoisotopic (exact) mass is 878 g/mol. The summed E-state index contributed by atoms with van der Waals surface area (Å²) in [5.41, 5.74) is -1.53. The Hall–Kier alpha value is -1.56. The highest BCUT2D eigenvalue weighted by Gasteiger charge is 2.30. The summed E-state index contributed by atoms with van der Waals surface area (Å²) >= 11 is 0. The molecule has 0 rings (SSSR count). The molecule has 0 spiro atoms. The molecule has 0 aromatic carbocycles. The molecule has 356 valence electrons. The molecule has 60 heavy (non-hydrogen) atoms. The maximum atomic E-state index is 12.8. The Morgan fingerprint density at radius 2 is 1.00 bits per heavy atom. The van der Waals surface area contributed by atoms with E-state index in [1.165, 1.54) is 116 Å². The van der Waals surface area contributed by atoms with E-state index >= 15 is 0 Å². The van der Waals surface area contributed by atoms with Crippen molar-refractivity contribution in [1.29, 1.82) is 0 Å². The van der Waals surface area contributed by atoms with Gasteiger partial charge >= 0.3 is 19.8 Å². The minimum absolute atomic E-state index is 0.0720. The minimum Gasteiger partial charge on any atom is -0.462 e. The molecule has 0 bridgehead atoms. The average molecular weight is 878 g/mol. The molecule has 13 heteroatoms. The van der Waals surface area contributed by atoms with Gasteiger partial charge in [0.1, 0.15) is 12.2 Å². The number of esters is 2. The molecule has 0 aliphatic rings. The lowest BCUT2D eigenvalue weighted by Gasteiger charge is -2.28. The first-order valence-electron chi connectivity index (χ1n) is 24.1. The summed E-state index contributed by atoms with van der Waals surface area (Å²) < 4.78 is 45.1. The van der Waals surface area contributed by atoms with Gasteiger partial charge < -0.3 is 29.2 Å². The fourth-order valence-electron chi connectivity index (χ4n) is 6.67. The third-order valence-corrected chi connectivity index (χ3v) is 12.0. The standard InChI is InChI=1S/C47H92NO11P/c1-8-10-12-14-16-18-20-22-24-26-28-30-32-34-43(49)55-40-42(59-44(50)35-33-31-29-27-25-23-21-19-17-15-13-11-9-2)41-58-60(52,53)57-39-37-48-45(51)47(5,6)56-38-36-46(3,4)54-7/h42H,8-41H2,1-7H3,(H,48,51)(H,52,53). The zero-order valence-corrected chi connectivity index (χ0v) is 40.5. The molecule has 12 nitrogen and oxygen atoms in total. The molecule has 0 aromatic heterocycles. The Morgan fingerprint density at radius 3 is 1.43 bits per heavy atom. The number of carbonyl (C=O) groups is 3. The van der Waals surface area contributed by atoms with Crippen LogP contribution >= 0.6 is 7.82 Å². The third-order valence-electron chi connectivity index (χ3n) is 11.0. The molecule has 2 atom stereocenters. The summed E-state index contributed by atoms with van der Waals surface area (Å²) in [5.74, 6) is -1.30. The second-order valence-corrected chi connectivity index (χ2v) is 19.2. The number of rotatable bonds is 44. The van der Waals surface area contributed by atoms with E-state index in [1.807, 2.05) is 13.8 Å². The highest BCUT2D eigenvalue weighted by Crippen LogP contribution is 2.43. The molecule has 0 saturated carbocycles. The Morgan fingerprint density at radius 1 is 0.583 bits per heavy atom. The highest BCUT2D eigenvalue weighted by molar-refractivity contribution is 7.47. The van der Waals surface area contributed by atoms with Crippen molar-refractivity contribution < 1.29 is 51.8 Å². The van der Waals surface area contributed by atoms with Gasteiger partial charge in [-0.2, -0.15) is 0 Å². The van der Waals surface area contributed by atoms with Crippen LogP contribution in [0, 0.1) is 0 Å². The average Bonchev–Trinajstić information content (AvgIpc) is 3.20. The van der Waals surface area contributed by atoms with Crippen LogP contribution in [0.5, 0.6) is 0 Å². The summed E-state index contributed by atoms with van der Waals surface area (Å²) in [7, 11) is -2.98. The van der Waals surface area contributed by atoms with Crippen LogP contribution in [0.15, 0.2) is 0 Å². The molecule has 2 N–H and O–H groups in total. The summed E-state index contributed by atoms with van der Waals surface area (Å²) in [5, 5.41) is 2.64. The topological polar surface area (TPSA) is 156 Å². The molecule has 0 aliphatic heterocycles. The predicted molar refractivity (Wildman–Crippen MR) is 242 cm³/mol. The molecule has 0 aliphatic carbocycles. The molecule has 0 heterocycles. The zero-order chi connectivity index (χ0) is 44.8. The number of unbranched alkanes of at least 4 members (excludes halogenated alkanes) is 24. The smallest absolute Gasteiger partial charge is 0.462 e. The van der Waals surface area contributed by atoms with Gasteiger partial charge in [0.25, 0.3) is 5.91 Å². The first-order chi connectivity index (χ1) is 28.7. The van der Waals surface area contributed by atoms with Crippen molar-refractivity contribution in [2.45, 2.75) is 245 Å². The lowest BCUT2D eigenvalue weighted by molar-refractivity contribution is -0.161. The molecule has 0 aromatic rings. The number of phosphoric acid groups is 1. The van der Waals surface area contributed by atoms with E-state index in [1.54, 1.807) is 21.0 Å². The van der Waals surface area contributed by atoms with Crippen LogP contribution in [0.4, 0.5) is 0 Å². The van der Waals surface area contributed by atoms with Gasteiger partial charge in [0.05, 0.1) is 25.4 Å². The van der Waals surface area contributed by atoms with E-state index in [9.17, 15) is 23.8 Å². The van der Waals surface area contributed by atoms with E-state index in [0.717, 1.165) is 38.5 Å². The lowest BCUT2D eigenvalue weighted by Crippen LogP contribution is -2.46. The number of hydrogen-bond acceptors (Lipinski definition) is 10. The molecule has 1 amide bonds. The van der Waals surface area contributed by atoms with Crippen molar-refractivity contribution in [1.82, 2.24) is 5.32 Å². The summed E-state index contributed by atoms with van der Waals surface area (Å²) in [6.45, 7) is 10.7. The third kappa shape index (κ3) is 37.0. The number of carbonyl (C=O) groups excluding carboxylic acids is 3. The van der Waals surface area contributed by atoms with E-state index < -0.39 is 44.0 Å².